The Labute approximate surface area is 92.7 Å². The number of hydrogen-bond donors (Lipinski definition) is 0. The van der Waals surface area contributed by atoms with Crippen molar-refractivity contribution in [3.63, 3.8) is 0 Å². The van der Waals surface area contributed by atoms with Gasteiger partial charge < -0.3 is 4.74 Å². The van der Waals surface area contributed by atoms with E-state index in [-0.39, 0.29) is 11.6 Å². The zero-order valence-corrected chi connectivity index (χ0v) is 10.1. The summed E-state index contributed by atoms with van der Waals surface area (Å²) in [6.45, 7) is 9.47. The van der Waals surface area contributed by atoms with Crippen molar-refractivity contribution in [2.24, 2.45) is 5.92 Å². The third kappa shape index (κ3) is 2.83. The molecule has 0 aromatic rings. The normalized spacial score (nSPS) is 21.0. The zero-order chi connectivity index (χ0) is 11.5. The fraction of sp³-hybridized carbons (Fsp3) is 0.769. The molecule has 86 valence electrons. The molecule has 2 heteroatoms. The molecule has 2 nitrogen and oxygen atoms in total. The molecule has 0 N–H and O–H groups in total. The molecular formula is C13H22O2. The van der Waals surface area contributed by atoms with Crippen LogP contribution in [0.1, 0.15) is 52.9 Å². The van der Waals surface area contributed by atoms with Crippen molar-refractivity contribution in [3.8, 4) is 0 Å². The summed E-state index contributed by atoms with van der Waals surface area (Å²) in [5, 5.41) is 0. The molecule has 0 aromatic heterocycles. The molecule has 1 aliphatic carbocycles. The van der Waals surface area contributed by atoms with Gasteiger partial charge in [-0.1, -0.05) is 26.3 Å². The van der Waals surface area contributed by atoms with Gasteiger partial charge in [-0.05, 0) is 39.0 Å². The van der Waals surface area contributed by atoms with Gasteiger partial charge in [0.1, 0.15) is 5.60 Å². The van der Waals surface area contributed by atoms with Crippen LogP contribution < -0.4 is 0 Å². The molecule has 1 saturated carbocycles. The van der Waals surface area contributed by atoms with Crippen molar-refractivity contribution in [2.45, 2.75) is 58.5 Å². The van der Waals surface area contributed by atoms with Crippen molar-refractivity contribution >= 4 is 5.97 Å². The van der Waals surface area contributed by atoms with Crippen LogP contribution in [0.15, 0.2) is 12.2 Å². The molecule has 0 radical (unpaired) electrons. The minimum atomic E-state index is -0.285. The topological polar surface area (TPSA) is 26.3 Å². The fourth-order valence-corrected chi connectivity index (χ4v) is 2.28. The van der Waals surface area contributed by atoms with E-state index in [1.165, 1.54) is 25.7 Å². The predicted molar refractivity (Wildman–Crippen MR) is 61.6 cm³/mol. The van der Waals surface area contributed by atoms with Crippen molar-refractivity contribution in [1.29, 1.82) is 0 Å². The highest BCUT2D eigenvalue weighted by Crippen LogP contribution is 2.38. The lowest BCUT2D eigenvalue weighted by atomic mass is 9.85. The third-order valence-corrected chi connectivity index (χ3v) is 3.60. The SMILES string of the molecule is C=C(C)C(=O)OC(C)(CC)C1CCCC1. The fourth-order valence-electron chi connectivity index (χ4n) is 2.28. The highest BCUT2D eigenvalue weighted by Gasteiger charge is 2.37. The van der Waals surface area contributed by atoms with E-state index in [1.807, 2.05) is 0 Å². The van der Waals surface area contributed by atoms with Crippen LogP contribution in [-0.4, -0.2) is 11.6 Å². The summed E-state index contributed by atoms with van der Waals surface area (Å²) in [7, 11) is 0. The van der Waals surface area contributed by atoms with Gasteiger partial charge in [-0.15, -0.1) is 0 Å². The Hall–Kier alpha value is -0.790. The largest absolute Gasteiger partial charge is 0.456 e. The second kappa shape index (κ2) is 4.82. The van der Waals surface area contributed by atoms with Gasteiger partial charge in [-0.3, -0.25) is 0 Å². The molecule has 0 aromatic carbocycles. The van der Waals surface area contributed by atoms with Gasteiger partial charge >= 0.3 is 5.97 Å². The first-order chi connectivity index (χ1) is 6.99. The van der Waals surface area contributed by atoms with Crippen LogP contribution in [0.25, 0.3) is 0 Å². The third-order valence-electron chi connectivity index (χ3n) is 3.60. The summed E-state index contributed by atoms with van der Waals surface area (Å²) < 4.78 is 5.59. The zero-order valence-electron chi connectivity index (χ0n) is 10.1. The molecule has 0 aliphatic heterocycles. The lowest BCUT2D eigenvalue weighted by Crippen LogP contribution is -2.38. The van der Waals surface area contributed by atoms with Crippen molar-refractivity contribution in [1.82, 2.24) is 0 Å². The number of esters is 1. The molecule has 0 saturated heterocycles. The van der Waals surface area contributed by atoms with Crippen molar-refractivity contribution < 1.29 is 9.53 Å². The number of ether oxygens (including phenoxy) is 1. The van der Waals surface area contributed by atoms with E-state index in [2.05, 4.69) is 20.4 Å². The van der Waals surface area contributed by atoms with Gasteiger partial charge in [-0.25, -0.2) is 4.79 Å². The molecule has 0 spiro atoms. The minimum Gasteiger partial charge on any atom is -0.456 e. The highest BCUT2D eigenvalue weighted by molar-refractivity contribution is 5.87. The standard InChI is InChI=1S/C13H22O2/c1-5-13(4,11-8-6-7-9-11)15-12(14)10(2)3/h11H,2,5-9H2,1,3-4H3. The molecule has 0 bridgehead atoms. The van der Waals surface area contributed by atoms with E-state index >= 15 is 0 Å². The number of carbonyl (C=O) groups excluding carboxylic acids is 1. The average molecular weight is 210 g/mol. The molecular weight excluding hydrogens is 188 g/mol. The van der Waals surface area contributed by atoms with Crippen molar-refractivity contribution in [3.05, 3.63) is 12.2 Å². The Bertz CT molecular complexity index is 251. The first-order valence-electron chi connectivity index (χ1n) is 5.88. The van der Waals surface area contributed by atoms with Crippen LogP contribution in [0, 0.1) is 5.92 Å². The maximum absolute atomic E-state index is 11.6. The van der Waals surface area contributed by atoms with E-state index in [0.717, 1.165) is 6.42 Å². The molecule has 1 aliphatic rings. The lowest BCUT2D eigenvalue weighted by Gasteiger charge is -2.34. The van der Waals surface area contributed by atoms with Crippen molar-refractivity contribution in [2.75, 3.05) is 0 Å². The lowest BCUT2D eigenvalue weighted by molar-refractivity contribution is -0.159. The number of hydrogen-bond acceptors (Lipinski definition) is 2. The van der Waals surface area contributed by atoms with Gasteiger partial charge in [-0.2, -0.15) is 0 Å². The van der Waals surface area contributed by atoms with E-state index in [1.54, 1.807) is 6.92 Å². The second-order valence-corrected chi connectivity index (χ2v) is 4.82. The van der Waals surface area contributed by atoms with E-state index in [4.69, 9.17) is 4.74 Å². The van der Waals surface area contributed by atoms with Gasteiger partial charge in [0.05, 0.1) is 0 Å². The van der Waals surface area contributed by atoms with Crippen LogP contribution >= 0.6 is 0 Å². The van der Waals surface area contributed by atoms with Crippen LogP contribution in [0.2, 0.25) is 0 Å². The molecule has 1 unspecified atom stereocenters. The summed E-state index contributed by atoms with van der Waals surface area (Å²) in [6, 6.07) is 0. The highest BCUT2D eigenvalue weighted by atomic mass is 16.6. The Morgan fingerprint density at radius 2 is 2.00 bits per heavy atom. The van der Waals surface area contributed by atoms with Crippen LogP contribution in [0.5, 0.6) is 0 Å². The first kappa shape index (κ1) is 12.3. The predicted octanol–water partition coefficient (Wildman–Crippen LogP) is 3.46. The van der Waals surface area contributed by atoms with E-state index < -0.39 is 0 Å². The van der Waals surface area contributed by atoms with E-state index in [0.29, 0.717) is 11.5 Å². The van der Waals surface area contributed by atoms with Gasteiger partial charge in [0.2, 0.25) is 0 Å². The van der Waals surface area contributed by atoms with Crippen LogP contribution in [0.4, 0.5) is 0 Å². The molecule has 15 heavy (non-hydrogen) atoms. The van der Waals surface area contributed by atoms with Crippen LogP contribution in [-0.2, 0) is 9.53 Å². The Kier molecular flexibility index (Phi) is 3.95. The monoisotopic (exact) mass is 210 g/mol. The summed E-state index contributed by atoms with van der Waals surface area (Å²) in [6.07, 6.45) is 5.80. The molecule has 0 amide bonds. The quantitative estimate of drug-likeness (QED) is 0.524. The molecule has 0 heterocycles. The summed E-state index contributed by atoms with van der Waals surface area (Å²) in [5.41, 5.74) is 0.208. The average Bonchev–Trinajstić information content (AvgIpc) is 2.70. The van der Waals surface area contributed by atoms with Crippen LogP contribution in [0.3, 0.4) is 0 Å². The molecule has 1 fully saturated rings. The summed E-state index contributed by atoms with van der Waals surface area (Å²) in [5.74, 6) is 0.289. The van der Waals surface area contributed by atoms with Gasteiger partial charge in [0.15, 0.2) is 0 Å². The Morgan fingerprint density at radius 1 is 1.47 bits per heavy atom. The van der Waals surface area contributed by atoms with E-state index in [9.17, 15) is 4.79 Å². The molecule has 1 rings (SSSR count). The second-order valence-electron chi connectivity index (χ2n) is 4.82. The minimum absolute atomic E-state index is 0.244. The Balaban J connectivity index is 2.66. The number of carbonyl (C=O) groups is 1. The maximum Gasteiger partial charge on any atom is 0.333 e. The smallest absolute Gasteiger partial charge is 0.333 e. The maximum atomic E-state index is 11.6. The first-order valence-corrected chi connectivity index (χ1v) is 5.88. The van der Waals surface area contributed by atoms with Gasteiger partial charge in [0.25, 0.3) is 0 Å². The summed E-state index contributed by atoms with van der Waals surface area (Å²) in [4.78, 5) is 11.6. The molecule has 1 atom stereocenters. The summed E-state index contributed by atoms with van der Waals surface area (Å²) >= 11 is 0. The number of rotatable bonds is 4. The Morgan fingerprint density at radius 3 is 2.40 bits per heavy atom. The van der Waals surface area contributed by atoms with Gasteiger partial charge in [0, 0.05) is 5.57 Å².